The van der Waals surface area contributed by atoms with E-state index >= 15 is 0 Å². The van der Waals surface area contributed by atoms with Crippen molar-refractivity contribution in [1.82, 2.24) is 14.9 Å². The lowest BCUT2D eigenvalue weighted by Crippen LogP contribution is -2.48. The summed E-state index contributed by atoms with van der Waals surface area (Å²) >= 11 is 0. The molecule has 2 aromatic carbocycles. The topological polar surface area (TPSA) is 117 Å². The van der Waals surface area contributed by atoms with Crippen LogP contribution in [-0.2, 0) is 4.79 Å². The Hall–Kier alpha value is -4.34. The number of anilines is 2. The van der Waals surface area contributed by atoms with Gasteiger partial charge in [-0.1, -0.05) is 18.2 Å². The van der Waals surface area contributed by atoms with Crippen molar-refractivity contribution in [3.05, 3.63) is 65.5 Å². The van der Waals surface area contributed by atoms with Gasteiger partial charge in [0, 0.05) is 30.9 Å². The number of hydrogen-bond acceptors (Lipinski definition) is 6. The maximum atomic E-state index is 13.6. The van der Waals surface area contributed by atoms with Gasteiger partial charge in [-0.2, -0.15) is 0 Å². The summed E-state index contributed by atoms with van der Waals surface area (Å²) < 4.78 is 10.9. The smallest absolute Gasteiger partial charge is 0.264 e. The van der Waals surface area contributed by atoms with Crippen molar-refractivity contribution >= 4 is 29.4 Å². The van der Waals surface area contributed by atoms with Crippen molar-refractivity contribution in [2.24, 2.45) is 0 Å². The number of fused-ring (bicyclic) bond motifs is 5. The van der Waals surface area contributed by atoms with Gasteiger partial charge >= 0.3 is 0 Å². The van der Waals surface area contributed by atoms with Crippen molar-refractivity contribution in [1.29, 1.82) is 0 Å². The number of para-hydroxylation sites is 1. The predicted molar refractivity (Wildman–Crippen MR) is 123 cm³/mol. The number of amides is 3. The van der Waals surface area contributed by atoms with Crippen LogP contribution in [0.5, 0.6) is 11.5 Å². The predicted octanol–water partition coefficient (Wildman–Crippen LogP) is 2.96. The monoisotopic (exact) mass is 461 g/mol. The summed E-state index contributed by atoms with van der Waals surface area (Å²) in [5.74, 6) is 0.466. The summed E-state index contributed by atoms with van der Waals surface area (Å²) in [4.78, 5) is 49.5. The molecule has 0 radical (unpaired) electrons. The number of aromatic nitrogens is 2. The van der Waals surface area contributed by atoms with E-state index in [0.717, 1.165) is 0 Å². The molecule has 0 saturated heterocycles. The van der Waals surface area contributed by atoms with Gasteiger partial charge in [-0.15, -0.1) is 0 Å². The molecule has 10 nitrogen and oxygen atoms in total. The molecule has 3 amide bonds. The van der Waals surface area contributed by atoms with Crippen LogP contribution in [0.2, 0.25) is 0 Å². The second-order valence-corrected chi connectivity index (χ2v) is 7.92. The van der Waals surface area contributed by atoms with Crippen molar-refractivity contribution in [3.8, 4) is 11.5 Å². The zero-order valence-corrected chi connectivity index (χ0v) is 18.7. The fraction of sp³-hybridized carbons (Fsp3) is 0.250. The highest BCUT2D eigenvalue weighted by Crippen LogP contribution is 2.49. The number of carbonyl (C=O) groups excluding carboxylic acids is 3. The Morgan fingerprint density at radius 1 is 1.12 bits per heavy atom. The van der Waals surface area contributed by atoms with E-state index in [2.05, 4.69) is 15.3 Å². The molecule has 0 spiro atoms. The van der Waals surface area contributed by atoms with Crippen LogP contribution in [0.4, 0.5) is 11.6 Å². The number of nitrogens with one attached hydrogen (secondary N) is 2. The van der Waals surface area contributed by atoms with Crippen molar-refractivity contribution in [2.75, 3.05) is 31.0 Å². The fourth-order valence-corrected chi connectivity index (χ4v) is 4.59. The van der Waals surface area contributed by atoms with E-state index in [4.69, 9.17) is 9.47 Å². The normalized spacial score (nSPS) is 16.1. The third kappa shape index (κ3) is 3.35. The first kappa shape index (κ1) is 21.5. The van der Waals surface area contributed by atoms with Gasteiger partial charge in [0.25, 0.3) is 11.8 Å². The summed E-state index contributed by atoms with van der Waals surface area (Å²) in [6.07, 6.45) is 3.11. The highest BCUT2D eigenvalue weighted by Gasteiger charge is 2.49. The average Bonchev–Trinajstić information content (AvgIpc) is 3.46. The number of rotatable bonds is 7. The van der Waals surface area contributed by atoms with Crippen LogP contribution in [0.3, 0.4) is 0 Å². The quantitative estimate of drug-likeness (QED) is 0.559. The van der Waals surface area contributed by atoms with Crippen molar-refractivity contribution in [3.63, 3.8) is 0 Å². The van der Waals surface area contributed by atoms with E-state index in [1.807, 2.05) is 0 Å². The average molecular weight is 461 g/mol. The van der Waals surface area contributed by atoms with Crippen LogP contribution in [0.25, 0.3) is 0 Å². The van der Waals surface area contributed by atoms with Gasteiger partial charge in [0.15, 0.2) is 11.5 Å². The molecule has 3 heterocycles. The number of nitrogens with zero attached hydrogens (tertiary/aromatic N) is 3. The lowest BCUT2D eigenvalue weighted by molar-refractivity contribution is -0.116. The minimum atomic E-state index is -0.641. The number of H-pyrrole nitrogens is 1. The Morgan fingerprint density at radius 3 is 2.68 bits per heavy atom. The molecule has 2 N–H and O–H groups in total. The summed E-state index contributed by atoms with van der Waals surface area (Å²) in [5.41, 5.74) is 2.01. The maximum Gasteiger partial charge on any atom is 0.264 e. The van der Waals surface area contributed by atoms with Gasteiger partial charge in [0.2, 0.25) is 11.9 Å². The van der Waals surface area contributed by atoms with Crippen LogP contribution in [0.15, 0.2) is 48.8 Å². The highest BCUT2D eigenvalue weighted by molar-refractivity contribution is 6.18. The van der Waals surface area contributed by atoms with Crippen LogP contribution < -0.4 is 19.7 Å². The Morgan fingerprint density at radius 2 is 1.94 bits per heavy atom. The first-order valence-electron chi connectivity index (χ1n) is 10.8. The third-order valence-corrected chi connectivity index (χ3v) is 6.04. The van der Waals surface area contributed by atoms with Crippen LogP contribution >= 0.6 is 0 Å². The molecule has 0 saturated carbocycles. The molecule has 1 aromatic heterocycles. The molecule has 174 valence electrons. The second kappa shape index (κ2) is 8.54. The first-order valence-corrected chi connectivity index (χ1v) is 10.8. The molecule has 0 aliphatic carbocycles. The molecule has 34 heavy (non-hydrogen) atoms. The number of methoxy groups -OCH3 is 2. The zero-order chi connectivity index (χ0) is 23.8. The van der Waals surface area contributed by atoms with Crippen molar-refractivity contribution < 1.29 is 23.9 Å². The Bertz CT molecular complexity index is 1270. The van der Waals surface area contributed by atoms with Crippen LogP contribution in [0.1, 0.15) is 45.3 Å². The van der Waals surface area contributed by atoms with Crippen LogP contribution in [0, 0.1) is 0 Å². The lowest BCUT2D eigenvalue weighted by Gasteiger charge is -2.40. The molecular formula is C24H23N5O5. The fourth-order valence-electron chi connectivity index (χ4n) is 4.59. The lowest BCUT2D eigenvalue weighted by atomic mass is 10.0. The number of ether oxygens (including phenoxy) is 2. The number of hydrogen-bond donors (Lipinski definition) is 2. The minimum Gasteiger partial charge on any atom is -0.493 e. The van der Waals surface area contributed by atoms with E-state index in [1.54, 1.807) is 58.6 Å². The van der Waals surface area contributed by atoms with E-state index in [1.165, 1.54) is 14.2 Å². The maximum absolute atomic E-state index is 13.6. The molecule has 1 atom stereocenters. The van der Waals surface area contributed by atoms with E-state index in [0.29, 0.717) is 46.2 Å². The molecule has 10 heteroatoms. The van der Waals surface area contributed by atoms with E-state index in [-0.39, 0.29) is 30.7 Å². The van der Waals surface area contributed by atoms with Gasteiger partial charge in [-0.05, 0) is 24.6 Å². The first-order chi connectivity index (χ1) is 16.5. The Balaban J connectivity index is 1.48. The Labute approximate surface area is 195 Å². The van der Waals surface area contributed by atoms with Gasteiger partial charge in [-0.25, -0.2) is 4.98 Å². The van der Waals surface area contributed by atoms with Gasteiger partial charge in [0.05, 0.1) is 31.0 Å². The SMILES string of the molecule is COc1ccc2c(c1OC)C(=O)N1c3ccccc3C(=O)N(CCCC(=O)Nc3ncc[nH]3)C21. The molecule has 5 rings (SSSR count). The number of aromatic amines is 1. The molecule has 2 aliphatic heterocycles. The van der Waals surface area contributed by atoms with Crippen molar-refractivity contribution in [2.45, 2.75) is 19.0 Å². The number of carbonyl (C=O) groups is 3. The standard InChI is InChI=1S/C24H23N5O5/c1-33-17-10-9-15-19(20(17)34-2)23(32)29-16-7-4-3-6-14(16)22(31)28(21(15)29)13-5-8-18(30)27-24-25-11-12-26-24/h3-4,6-7,9-12,21H,5,8,13H2,1-2H3,(H2,25,26,27,30). The molecule has 0 bridgehead atoms. The van der Waals surface area contributed by atoms with Gasteiger partial charge in [0.1, 0.15) is 6.17 Å². The third-order valence-electron chi connectivity index (χ3n) is 6.04. The summed E-state index contributed by atoms with van der Waals surface area (Å²) in [6, 6.07) is 10.6. The molecule has 2 aliphatic rings. The van der Waals surface area contributed by atoms with E-state index in [9.17, 15) is 14.4 Å². The molecule has 3 aromatic rings. The van der Waals surface area contributed by atoms with Gasteiger partial charge < -0.3 is 19.4 Å². The summed E-state index contributed by atoms with van der Waals surface area (Å²) in [6.45, 7) is 0.279. The number of benzene rings is 2. The number of imidazole rings is 1. The Kier molecular flexibility index (Phi) is 5.40. The second-order valence-electron chi connectivity index (χ2n) is 7.92. The minimum absolute atomic E-state index is 0.186. The molecular weight excluding hydrogens is 438 g/mol. The van der Waals surface area contributed by atoms with Crippen LogP contribution in [-0.4, -0.2) is 53.4 Å². The highest BCUT2D eigenvalue weighted by atomic mass is 16.5. The largest absolute Gasteiger partial charge is 0.493 e. The summed E-state index contributed by atoms with van der Waals surface area (Å²) in [5, 5.41) is 2.68. The molecule has 1 unspecified atom stereocenters. The van der Waals surface area contributed by atoms with Gasteiger partial charge in [-0.3, -0.25) is 24.6 Å². The zero-order valence-electron chi connectivity index (χ0n) is 18.7. The van der Waals surface area contributed by atoms with E-state index < -0.39 is 6.17 Å². The molecule has 0 fully saturated rings. The summed E-state index contributed by atoms with van der Waals surface area (Å²) in [7, 11) is 2.99.